The second-order valence-electron chi connectivity index (χ2n) is 6.88. The van der Waals surface area contributed by atoms with Crippen molar-refractivity contribution in [2.24, 2.45) is 0 Å². The quantitative estimate of drug-likeness (QED) is 0.808. The van der Waals surface area contributed by atoms with Gasteiger partial charge >= 0.3 is 0 Å². The zero-order chi connectivity index (χ0) is 18.0. The molecule has 0 bridgehead atoms. The Hall–Kier alpha value is -2.01. The molecular weight excluding hydrogens is 382 g/mol. The molecule has 0 radical (unpaired) electrons. The SMILES string of the molecule is C[C@@H](Oc1ccc(Br)cc1)C(=O)N[C@H]1CC(C)(C)Oc2ccccc21. The van der Waals surface area contributed by atoms with Gasteiger partial charge in [-0.2, -0.15) is 0 Å². The zero-order valence-electron chi connectivity index (χ0n) is 14.6. The highest BCUT2D eigenvalue weighted by molar-refractivity contribution is 9.10. The Bertz CT molecular complexity index is 758. The first-order chi connectivity index (χ1) is 11.8. The Morgan fingerprint density at radius 1 is 1.24 bits per heavy atom. The van der Waals surface area contributed by atoms with Crippen LogP contribution in [0.5, 0.6) is 11.5 Å². The van der Waals surface area contributed by atoms with Gasteiger partial charge in [0.05, 0.1) is 6.04 Å². The second-order valence-corrected chi connectivity index (χ2v) is 7.79. The summed E-state index contributed by atoms with van der Waals surface area (Å²) in [6.45, 7) is 5.82. The molecule has 1 heterocycles. The van der Waals surface area contributed by atoms with Crippen molar-refractivity contribution < 1.29 is 14.3 Å². The predicted molar refractivity (Wildman–Crippen MR) is 101 cm³/mol. The maximum Gasteiger partial charge on any atom is 0.261 e. The Kier molecular flexibility index (Phi) is 5.04. The number of rotatable bonds is 4. The van der Waals surface area contributed by atoms with E-state index in [1.165, 1.54) is 0 Å². The lowest BCUT2D eigenvalue weighted by Crippen LogP contribution is -2.44. The summed E-state index contributed by atoms with van der Waals surface area (Å²) < 4.78 is 12.7. The third-order valence-electron chi connectivity index (χ3n) is 4.19. The number of hydrogen-bond acceptors (Lipinski definition) is 3. The fourth-order valence-electron chi connectivity index (χ4n) is 2.99. The highest BCUT2D eigenvalue weighted by Crippen LogP contribution is 2.39. The molecule has 0 saturated carbocycles. The fraction of sp³-hybridized carbons (Fsp3) is 0.350. The Balaban J connectivity index is 1.70. The molecule has 0 unspecified atom stereocenters. The summed E-state index contributed by atoms with van der Waals surface area (Å²) in [5, 5.41) is 3.11. The largest absolute Gasteiger partial charge is 0.487 e. The molecule has 1 amide bonds. The van der Waals surface area contributed by atoms with Gasteiger partial charge in [-0.3, -0.25) is 4.79 Å². The van der Waals surface area contributed by atoms with Gasteiger partial charge in [0.25, 0.3) is 5.91 Å². The molecule has 2 aromatic rings. The summed E-state index contributed by atoms with van der Waals surface area (Å²) in [5.74, 6) is 1.35. The lowest BCUT2D eigenvalue weighted by molar-refractivity contribution is -0.128. The fourth-order valence-corrected chi connectivity index (χ4v) is 3.26. The van der Waals surface area contributed by atoms with Crippen LogP contribution in [0.3, 0.4) is 0 Å². The Morgan fingerprint density at radius 2 is 1.92 bits per heavy atom. The van der Waals surface area contributed by atoms with E-state index in [1.54, 1.807) is 6.92 Å². The van der Waals surface area contributed by atoms with Gasteiger partial charge in [0.15, 0.2) is 6.10 Å². The lowest BCUT2D eigenvalue weighted by Gasteiger charge is -2.38. The van der Waals surface area contributed by atoms with Crippen molar-refractivity contribution in [3.63, 3.8) is 0 Å². The molecule has 0 aliphatic carbocycles. The summed E-state index contributed by atoms with van der Waals surface area (Å²) in [6, 6.07) is 15.2. The van der Waals surface area contributed by atoms with Gasteiger partial charge in [0.1, 0.15) is 17.1 Å². The number of hydrogen-bond donors (Lipinski definition) is 1. The Morgan fingerprint density at radius 3 is 2.64 bits per heavy atom. The van der Waals surface area contributed by atoms with Crippen molar-refractivity contribution in [2.75, 3.05) is 0 Å². The molecule has 0 spiro atoms. The number of carbonyl (C=O) groups is 1. The van der Waals surface area contributed by atoms with E-state index in [1.807, 2.05) is 62.4 Å². The van der Waals surface area contributed by atoms with Crippen LogP contribution in [0.1, 0.15) is 38.8 Å². The highest BCUT2D eigenvalue weighted by atomic mass is 79.9. The lowest BCUT2D eigenvalue weighted by atomic mass is 9.89. The molecule has 5 heteroatoms. The summed E-state index contributed by atoms with van der Waals surface area (Å²) >= 11 is 3.39. The van der Waals surface area contributed by atoms with Crippen molar-refractivity contribution >= 4 is 21.8 Å². The van der Waals surface area contributed by atoms with E-state index in [0.29, 0.717) is 12.2 Å². The molecule has 2 aromatic carbocycles. The van der Waals surface area contributed by atoms with Crippen LogP contribution in [0.25, 0.3) is 0 Å². The van der Waals surface area contributed by atoms with Gasteiger partial charge in [-0.1, -0.05) is 34.1 Å². The van der Waals surface area contributed by atoms with Gasteiger partial charge in [0.2, 0.25) is 0 Å². The number of halogens is 1. The maximum absolute atomic E-state index is 12.6. The molecule has 0 saturated heterocycles. The van der Waals surface area contributed by atoms with Crippen molar-refractivity contribution in [3.05, 3.63) is 58.6 Å². The van der Waals surface area contributed by atoms with Crippen LogP contribution in [-0.2, 0) is 4.79 Å². The molecule has 4 nitrogen and oxygen atoms in total. The van der Waals surface area contributed by atoms with Crippen LogP contribution >= 0.6 is 15.9 Å². The van der Waals surface area contributed by atoms with Crippen LogP contribution < -0.4 is 14.8 Å². The smallest absolute Gasteiger partial charge is 0.261 e. The van der Waals surface area contributed by atoms with Crippen LogP contribution in [0.15, 0.2) is 53.0 Å². The summed E-state index contributed by atoms with van der Waals surface area (Å²) in [6.07, 6.45) is 0.125. The molecule has 25 heavy (non-hydrogen) atoms. The van der Waals surface area contributed by atoms with Gasteiger partial charge in [0, 0.05) is 16.5 Å². The molecule has 132 valence electrons. The molecule has 2 atom stereocenters. The standard InChI is InChI=1S/C20H22BrNO3/c1-13(24-15-10-8-14(21)9-11-15)19(23)22-17-12-20(2,3)25-18-7-5-4-6-16(17)18/h4-11,13,17H,12H2,1-3H3,(H,22,23)/t13-,17+/m1/s1. The molecule has 3 rings (SSSR count). The number of amides is 1. The van der Waals surface area contributed by atoms with Crippen molar-refractivity contribution in [3.8, 4) is 11.5 Å². The van der Waals surface area contributed by atoms with Crippen molar-refractivity contribution in [1.82, 2.24) is 5.32 Å². The summed E-state index contributed by atoms with van der Waals surface area (Å²) in [5.41, 5.74) is 0.674. The molecule has 1 aliphatic heterocycles. The monoisotopic (exact) mass is 403 g/mol. The molecule has 1 N–H and O–H groups in total. The maximum atomic E-state index is 12.6. The summed E-state index contributed by atoms with van der Waals surface area (Å²) in [7, 11) is 0. The average Bonchev–Trinajstić information content (AvgIpc) is 2.56. The second kappa shape index (κ2) is 7.08. The number of para-hydroxylation sites is 1. The van der Waals surface area contributed by atoms with E-state index in [4.69, 9.17) is 9.47 Å². The minimum absolute atomic E-state index is 0.0941. The van der Waals surface area contributed by atoms with Gasteiger partial charge in [-0.25, -0.2) is 0 Å². The normalized spacial score (nSPS) is 19.3. The van der Waals surface area contributed by atoms with Gasteiger partial charge in [-0.05, 0) is 51.1 Å². The summed E-state index contributed by atoms with van der Waals surface area (Å²) in [4.78, 5) is 12.6. The molecule has 0 aromatic heterocycles. The minimum atomic E-state index is -0.584. The number of carbonyl (C=O) groups excluding carboxylic acids is 1. The third-order valence-corrected chi connectivity index (χ3v) is 4.72. The van der Waals surface area contributed by atoms with E-state index >= 15 is 0 Å². The van der Waals surface area contributed by atoms with E-state index in [2.05, 4.69) is 21.2 Å². The van der Waals surface area contributed by atoms with E-state index < -0.39 is 6.10 Å². The number of nitrogens with one attached hydrogen (secondary N) is 1. The first kappa shape index (κ1) is 17.8. The number of fused-ring (bicyclic) bond motifs is 1. The Labute approximate surface area is 156 Å². The molecule has 0 fully saturated rings. The molecule has 1 aliphatic rings. The minimum Gasteiger partial charge on any atom is -0.487 e. The van der Waals surface area contributed by atoms with E-state index in [0.717, 1.165) is 15.8 Å². The van der Waals surface area contributed by atoms with Gasteiger partial charge in [-0.15, -0.1) is 0 Å². The average molecular weight is 404 g/mol. The van der Waals surface area contributed by atoms with Crippen LogP contribution in [0.2, 0.25) is 0 Å². The van der Waals surface area contributed by atoms with E-state index in [9.17, 15) is 4.79 Å². The van der Waals surface area contributed by atoms with Crippen LogP contribution in [0, 0.1) is 0 Å². The van der Waals surface area contributed by atoms with Crippen LogP contribution in [0.4, 0.5) is 0 Å². The zero-order valence-corrected chi connectivity index (χ0v) is 16.2. The predicted octanol–water partition coefficient (Wildman–Crippen LogP) is 4.64. The number of ether oxygens (including phenoxy) is 2. The molecular formula is C20H22BrNO3. The first-order valence-corrected chi connectivity index (χ1v) is 9.14. The highest BCUT2D eigenvalue weighted by Gasteiger charge is 2.35. The van der Waals surface area contributed by atoms with Crippen LogP contribution in [-0.4, -0.2) is 17.6 Å². The van der Waals surface area contributed by atoms with Crippen molar-refractivity contribution in [2.45, 2.75) is 44.9 Å². The topological polar surface area (TPSA) is 47.6 Å². The van der Waals surface area contributed by atoms with E-state index in [-0.39, 0.29) is 17.6 Å². The first-order valence-electron chi connectivity index (χ1n) is 8.35. The number of benzene rings is 2. The van der Waals surface area contributed by atoms with Gasteiger partial charge < -0.3 is 14.8 Å². The van der Waals surface area contributed by atoms with Crippen molar-refractivity contribution in [1.29, 1.82) is 0 Å². The third kappa shape index (κ3) is 4.34.